The minimum Gasteiger partial charge on any atom is -0.390 e. The van der Waals surface area contributed by atoms with E-state index in [1.54, 1.807) is 5.57 Å². The van der Waals surface area contributed by atoms with Crippen LogP contribution < -0.4 is 5.90 Å². The van der Waals surface area contributed by atoms with E-state index in [1.165, 1.54) is 25.7 Å². The van der Waals surface area contributed by atoms with Crippen molar-refractivity contribution in [1.29, 1.82) is 0 Å². The van der Waals surface area contributed by atoms with Gasteiger partial charge in [-0.05, 0) is 81.1 Å². The van der Waals surface area contributed by atoms with Gasteiger partial charge in [0.05, 0.1) is 5.60 Å². The van der Waals surface area contributed by atoms with Crippen LogP contribution in [0, 0.1) is 29.1 Å². The molecule has 0 aliphatic heterocycles. The number of hydrogen-bond acceptors (Lipinski definition) is 4. The zero-order valence-electron chi connectivity index (χ0n) is 20.9. The number of allylic oxidation sites excluding steroid dienone is 5. The van der Waals surface area contributed by atoms with Gasteiger partial charge < -0.3 is 10.2 Å². The molecule has 3 rings (SSSR count). The standard InChI is InChI=1S/C28H45NO3/c1-19-15-17-28(31,32-29)18-23(19)12-11-22-8-7-16-27(6)24(13-14-25(22)27)20(2)9-10-21(3)26(4,5)30/h9-12,20-21,24-25,30-31H,1,7-8,13-18,29H2,2-6H3/b10-9+,22-11+,23-12-/t20-,21+,24-,25?,27-,28+/m1/s1. The topological polar surface area (TPSA) is 75.7 Å². The molecule has 0 aromatic rings. The van der Waals surface area contributed by atoms with Gasteiger partial charge in [-0.15, -0.1) is 0 Å². The van der Waals surface area contributed by atoms with Crippen molar-refractivity contribution in [2.45, 2.75) is 97.4 Å². The van der Waals surface area contributed by atoms with E-state index in [2.05, 4.69) is 51.7 Å². The Morgan fingerprint density at radius 2 is 1.88 bits per heavy atom. The van der Waals surface area contributed by atoms with Gasteiger partial charge in [0, 0.05) is 18.8 Å². The van der Waals surface area contributed by atoms with Gasteiger partial charge in [-0.3, -0.25) is 4.84 Å². The lowest BCUT2D eigenvalue weighted by atomic mass is 9.61. The fraction of sp³-hybridized carbons (Fsp3) is 0.714. The molecule has 0 spiro atoms. The molecule has 4 heteroatoms. The normalized spacial score (nSPS) is 38.4. The van der Waals surface area contributed by atoms with Crippen molar-refractivity contribution in [3.05, 3.63) is 47.6 Å². The van der Waals surface area contributed by atoms with E-state index < -0.39 is 11.4 Å². The highest BCUT2D eigenvalue weighted by molar-refractivity contribution is 5.37. The summed E-state index contributed by atoms with van der Waals surface area (Å²) in [5.41, 5.74) is 3.30. The molecule has 0 bridgehead atoms. The third-order valence-corrected chi connectivity index (χ3v) is 8.95. The van der Waals surface area contributed by atoms with Crippen molar-refractivity contribution in [3.8, 4) is 0 Å². The van der Waals surface area contributed by atoms with E-state index >= 15 is 0 Å². The van der Waals surface area contributed by atoms with Crippen molar-refractivity contribution >= 4 is 0 Å². The minimum atomic E-state index is -1.27. The summed E-state index contributed by atoms with van der Waals surface area (Å²) in [4.78, 5) is 4.87. The Labute approximate surface area is 195 Å². The molecule has 180 valence electrons. The highest BCUT2D eigenvalue weighted by atomic mass is 16.7. The Morgan fingerprint density at radius 1 is 1.16 bits per heavy atom. The van der Waals surface area contributed by atoms with Crippen LogP contribution in [-0.2, 0) is 4.84 Å². The average molecular weight is 444 g/mol. The van der Waals surface area contributed by atoms with Crippen molar-refractivity contribution in [3.63, 3.8) is 0 Å². The van der Waals surface area contributed by atoms with Gasteiger partial charge in [-0.25, -0.2) is 5.90 Å². The van der Waals surface area contributed by atoms with Crippen LogP contribution in [0.5, 0.6) is 0 Å². The predicted octanol–water partition coefficient (Wildman–Crippen LogP) is 5.97. The van der Waals surface area contributed by atoms with Gasteiger partial charge in [0.15, 0.2) is 5.79 Å². The van der Waals surface area contributed by atoms with Crippen molar-refractivity contribution in [1.82, 2.24) is 0 Å². The van der Waals surface area contributed by atoms with Crippen LogP contribution in [0.1, 0.15) is 86.0 Å². The molecule has 1 unspecified atom stereocenters. The second-order valence-corrected chi connectivity index (χ2v) is 11.6. The summed E-state index contributed by atoms with van der Waals surface area (Å²) in [6.07, 6.45) is 16.8. The quantitative estimate of drug-likeness (QED) is 0.268. The molecule has 3 saturated carbocycles. The van der Waals surface area contributed by atoms with E-state index in [4.69, 9.17) is 10.7 Å². The van der Waals surface area contributed by atoms with Crippen molar-refractivity contribution in [2.24, 2.45) is 35.0 Å². The van der Waals surface area contributed by atoms with E-state index in [0.717, 1.165) is 17.6 Å². The maximum absolute atomic E-state index is 10.5. The number of hydrogen-bond donors (Lipinski definition) is 3. The van der Waals surface area contributed by atoms with Crippen LogP contribution in [0.3, 0.4) is 0 Å². The fourth-order valence-electron chi connectivity index (χ4n) is 6.36. The monoisotopic (exact) mass is 443 g/mol. The molecular formula is C28H45NO3. The Hall–Kier alpha value is -1.20. The van der Waals surface area contributed by atoms with Gasteiger partial charge in [-0.1, -0.05) is 62.8 Å². The molecule has 0 radical (unpaired) electrons. The molecule has 0 aromatic carbocycles. The molecule has 3 aliphatic rings. The first kappa shape index (κ1) is 25.4. The molecule has 6 atom stereocenters. The average Bonchev–Trinajstić information content (AvgIpc) is 3.09. The highest BCUT2D eigenvalue weighted by Gasteiger charge is 2.50. The van der Waals surface area contributed by atoms with Gasteiger partial charge in [0.25, 0.3) is 0 Å². The van der Waals surface area contributed by atoms with Gasteiger partial charge >= 0.3 is 0 Å². The van der Waals surface area contributed by atoms with E-state index in [1.807, 2.05) is 13.8 Å². The smallest absolute Gasteiger partial charge is 0.189 e. The summed E-state index contributed by atoms with van der Waals surface area (Å²) < 4.78 is 0. The van der Waals surface area contributed by atoms with Crippen LogP contribution in [0.15, 0.2) is 47.6 Å². The largest absolute Gasteiger partial charge is 0.390 e. The third-order valence-electron chi connectivity index (χ3n) is 8.95. The zero-order valence-corrected chi connectivity index (χ0v) is 20.9. The van der Waals surface area contributed by atoms with Crippen LogP contribution in [0.2, 0.25) is 0 Å². The summed E-state index contributed by atoms with van der Waals surface area (Å²) >= 11 is 0. The lowest BCUT2D eigenvalue weighted by Gasteiger charge is -2.44. The van der Waals surface area contributed by atoms with E-state index in [0.29, 0.717) is 42.4 Å². The Balaban J connectivity index is 1.77. The molecule has 32 heavy (non-hydrogen) atoms. The lowest BCUT2D eigenvalue weighted by Crippen LogP contribution is -2.38. The summed E-state index contributed by atoms with van der Waals surface area (Å²) in [5.74, 6) is 5.99. The van der Waals surface area contributed by atoms with E-state index in [-0.39, 0.29) is 5.92 Å². The van der Waals surface area contributed by atoms with Gasteiger partial charge in [-0.2, -0.15) is 0 Å². The number of nitrogens with two attached hydrogens (primary N) is 1. The fourth-order valence-corrected chi connectivity index (χ4v) is 6.36. The summed E-state index contributed by atoms with van der Waals surface area (Å²) in [6.45, 7) is 14.9. The molecule has 3 fully saturated rings. The summed E-state index contributed by atoms with van der Waals surface area (Å²) in [7, 11) is 0. The summed E-state index contributed by atoms with van der Waals surface area (Å²) in [5, 5.41) is 20.7. The van der Waals surface area contributed by atoms with Crippen LogP contribution in [0.25, 0.3) is 0 Å². The molecular weight excluding hydrogens is 398 g/mol. The Morgan fingerprint density at radius 3 is 2.53 bits per heavy atom. The van der Waals surface area contributed by atoms with Crippen molar-refractivity contribution in [2.75, 3.05) is 0 Å². The first-order chi connectivity index (χ1) is 14.9. The molecule has 4 nitrogen and oxygen atoms in total. The molecule has 0 heterocycles. The Kier molecular flexibility index (Phi) is 7.61. The van der Waals surface area contributed by atoms with E-state index in [9.17, 15) is 10.2 Å². The summed E-state index contributed by atoms with van der Waals surface area (Å²) in [6, 6.07) is 0. The van der Waals surface area contributed by atoms with Crippen LogP contribution >= 0.6 is 0 Å². The molecule has 4 N–H and O–H groups in total. The number of fused-ring (bicyclic) bond motifs is 1. The SMILES string of the molecule is C=C1CC[C@](O)(ON)C/C1=C/C=C1\CCC[C@@]2(C)C1CC[C@@H]2[C@H](C)/C=C/[C@H](C)C(C)(C)O. The minimum absolute atomic E-state index is 0.142. The van der Waals surface area contributed by atoms with Crippen LogP contribution in [0.4, 0.5) is 0 Å². The van der Waals surface area contributed by atoms with Gasteiger partial charge in [0.1, 0.15) is 0 Å². The maximum atomic E-state index is 10.5. The predicted molar refractivity (Wildman–Crippen MR) is 131 cm³/mol. The third kappa shape index (κ3) is 5.30. The number of aliphatic hydroxyl groups is 2. The van der Waals surface area contributed by atoms with Gasteiger partial charge in [0.2, 0.25) is 0 Å². The second-order valence-electron chi connectivity index (χ2n) is 11.6. The maximum Gasteiger partial charge on any atom is 0.189 e. The van der Waals surface area contributed by atoms with Crippen LogP contribution in [-0.4, -0.2) is 21.6 Å². The first-order valence-corrected chi connectivity index (χ1v) is 12.5. The number of rotatable bonds is 6. The van der Waals surface area contributed by atoms with Crippen molar-refractivity contribution < 1.29 is 15.1 Å². The Bertz CT molecular complexity index is 789. The molecule has 0 saturated heterocycles. The molecule has 3 aliphatic carbocycles. The molecule has 0 amide bonds. The molecule has 0 aromatic heterocycles. The first-order valence-electron chi connectivity index (χ1n) is 12.5. The highest BCUT2D eigenvalue weighted by Crippen LogP contribution is 2.59. The second kappa shape index (κ2) is 9.58. The lowest BCUT2D eigenvalue weighted by molar-refractivity contribution is -0.212. The zero-order chi connectivity index (χ0) is 23.7.